The zero-order valence-electron chi connectivity index (χ0n) is 13.4. The minimum atomic E-state index is -0.122. The number of carbonyl (C=O) groups excluding carboxylic acids is 1. The summed E-state index contributed by atoms with van der Waals surface area (Å²) in [6.07, 6.45) is 2.66. The molecule has 0 bridgehead atoms. The number of hydrogen-bond acceptors (Lipinski definition) is 3. The molecule has 2 rings (SSSR count). The summed E-state index contributed by atoms with van der Waals surface area (Å²) in [7, 11) is 0. The largest absolute Gasteiger partial charge is 0.354 e. The van der Waals surface area contributed by atoms with Gasteiger partial charge in [-0.15, -0.1) is 0 Å². The van der Waals surface area contributed by atoms with Crippen LogP contribution in [0.25, 0.3) is 0 Å². The van der Waals surface area contributed by atoms with Gasteiger partial charge in [-0.2, -0.15) is 0 Å². The standard InChI is InChI=1S/C18H23N3O/c1-13(2)10-11-19-18(22)17-9-8-15(12-20-17)21-16-7-5-4-6-14(16)3/h4-9,12-13,21H,10-11H2,1-3H3,(H,19,22). The summed E-state index contributed by atoms with van der Waals surface area (Å²) in [5.41, 5.74) is 3.52. The molecule has 0 unspecified atom stereocenters. The summed E-state index contributed by atoms with van der Waals surface area (Å²) in [6, 6.07) is 11.7. The zero-order valence-corrected chi connectivity index (χ0v) is 13.4. The molecule has 116 valence electrons. The highest BCUT2D eigenvalue weighted by Crippen LogP contribution is 2.19. The van der Waals surface area contributed by atoms with E-state index < -0.39 is 0 Å². The first-order valence-corrected chi connectivity index (χ1v) is 7.63. The Morgan fingerprint density at radius 2 is 1.95 bits per heavy atom. The van der Waals surface area contributed by atoms with Gasteiger partial charge >= 0.3 is 0 Å². The van der Waals surface area contributed by atoms with Crippen LogP contribution >= 0.6 is 0 Å². The van der Waals surface area contributed by atoms with Crippen molar-refractivity contribution in [3.8, 4) is 0 Å². The number of carbonyl (C=O) groups is 1. The highest BCUT2D eigenvalue weighted by Gasteiger charge is 2.07. The number of nitrogens with one attached hydrogen (secondary N) is 2. The molecule has 2 aromatic rings. The number of aryl methyl sites for hydroxylation is 1. The average Bonchev–Trinajstić information content (AvgIpc) is 2.50. The number of aromatic nitrogens is 1. The molecule has 0 aliphatic heterocycles. The van der Waals surface area contributed by atoms with Gasteiger partial charge in [-0.1, -0.05) is 32.0 Å². The fourth-order valence-electron chi connectivity index (χ4n) is 2.04. The van der Waals surface area contributed by atoms with E-state index in [1.165, 1.54) is 0 Å². The molecular weight excluding hydrogens is 274 g/mol. The summed E-state index contributed by atoms with van der Waals surface area (Å²) in [5.74, 6) is 0.456. The molecule has 22 heavy (non-hydrogen) atoms. The van der Waals surface area contributed by atoms with E-state index in [4.69, 9.17) is 0 Å². The van der Waals surface area contributed by atoms with Crippen LogP contribution in [0.2, 0.25) is 0 Å². The first-order chi connectivity index (χ1) is 10.6. The third-order valence-electron chi connectivity index (χ3n) is 3.43. The van der Waals surface area contributed by atoms with Crippen LogP contribution in [0.15, 0.2) is 42.6 Å². The maximum Gasteiger partial charge on any atom is 0.269 e. The number of pyridine rings is 1. The Morgan fingerprint density at radius 3 is 2.59 bits per heavy atom. The normalized spacial score (nSPS) is 10.5. The van der Waals surface area contributed by atoms with Crippen LogP contribution in [0.1, 0.15) is 36.3 Å². The van der Waals surface area contributed by atoms with Gasteiger partial charge < -0.3 is 10.6 Å². The van der Waals surface area contributed by atoms with Crippen molar-refractivity contribution < 1.29 is 4.79 Å². The van der Waals surface area contributed by atoms with E-state index in [-0.39, 0.29) is 5.91 Å². The molecule has 2 N–H and O–H groups in total. The molecule has 4 nitrogen and oxygen atoms in total. The molecule has 0 saturated heterocycles. The predicted molar refractivity (Wildman–Crippen MR) is 90.5 cm³/mol. The van der Waals surface area contributed by atoms with Gasteiger partial charge in [0.25, 0.3) is 5.91 Å². The summed E-state index contributed by atoms with van der Waals surface area (Å²) in [4.78, 5) is 16.2. The van der Waals surface area contributed by atoms with Crippen molar-refractivity contribution in [2.45, 2.75) is 27.2 Å². The molecule has 1 heterocycles. The summed E-state index contributed by atoms with van der Waals surface area (Å²) >= 11 is 0. The minimum absolute atomic E-state index is 0.122. The van der Waals surface area contributed by atoms with Gasteiger partial charge in [0, 0.05) is 12.2 Å². The molecule has 1 aromatic heterocycles. The number of para-hydroxylation sites is 1. The number of amides is 1. The molecule has 0 saturated carbocycles. The van der Waals surface area contributed by atoms with Crippen LogP contribution in [-0.2, 0) is 0 Å². The molecule has 0 aliphatic rings. The van der Waals surface area contributed by atoms with Crippen LogP contribution in [0.3, 0.4) is 0 Å². The fourth-order valence-corrected chi connectivity index (χ4v) is 2.04. The van der Waals surface area contributed by atoms with Crippen molar-refractivity contribution in [2.24, 2.45) is 5.92 Å². The Balaban J connectivity index is 1.95. The van der Waals surface area contributed by atoms with Crippen molar-refractivity contribution in [3.05, 3.63) is 53.9 Å². The molecule has 0 aliphatic carbocycles. The van der Waals surface area contributed by atoms with Crippen LogP contribution < -0.4 is 10.6 Å². The lowest BCUT2D eigenvalue weighted by atomic mass is 10.1. The van der Waals surface area contributed by atoms with Crippen molar-refractivity contribution >= 4 is 17.3 Å². The van der Waals surface area contributed by atoms with Gasteiger partial charge in [0.2, 0.25) is 0 Å². The highest BCUT2D eigenvalue weighted by atomic mass is 16.1. The van der Waals surface area contributed by atoms with E-state index in [1.807, 2.05) is 37.3 Å². The average molecular weight is 297 g/mol. The molecule has 0 spiro atoms. The molecule has 0 atom stereocenters. The molecule has 4 heteroatoms. The Morgan fingerprint density at radius 1 is 1.18 bits per heavy atom. The summed E-state index contributed by atoms with van der Waals surface area (Å²) in [5, 5.41) is 6.19. The van der Waals surface area contributed by atoms with Gasteiger partial charge in [0.15, 0.2) is 0 Å². The maximum absolute atomic E-state index is 12.0. The van der Waals surface area contributed by atoms with Gasteiger partial charge in [-0.3, -0.25) is 4.79 Å². The van der Waals surface area contributed by atoms with Gasteiger partial charge in [0.05, 0.1) is 11.9 Å². The molecule has 0 radical (unpaired) electrons. The van der Waals surface area contributed by atoms with Crippen LogP contribution in [0.4, 0.5) is 11.4 Å². The van der Waals surface area contributed by atoms with Gasteiger partial charge in [-0.05, 0) is 43.0 Å². The molecule has 0 fully saturated rings. The second kappa shape index (κ2) is 7.59. The first-order valence-electron chi connectivity index (χ1n) is 7.63. The first kappa shape index (κ1) is 16.0. The lowest BCUT2D eigenvalue weighted by molar-refractivity contribution is 0.0947. The zero-order chi connectivity index (χ0) is 15.9. The predicted octanol–water partition coefficient (Wildman–Crippen LogP) is 3.91. The number of anilines is 2. The van der Waals surface area contributed by atoms with Gasteiger partial charge in [0.1, 0.15) is 5.69 Å². The van der Waals surface area contributed by atoms with E-state index in [9.17, 15) is 4.79 Å². The number of rotatable bonds is 6. The maximum atomic E-state index is 12.0. The van der Waals surface area contributed by atoms with E-state index in [0.717, 1.165) is 23.4 Å². The summed E-state index contributed by atoms with van der Waals surface area (Å²) in [6.45, 7) is 7.00. The third kappa shape index (κ3) is 4.58. The quantitative estimate of drug-likeness (QED) is 0.850. The van der Waals surface area contributed by atoms with Crippen LogP contribution in [0, 0.1) is 12.8 Å². The van der Waals surface area contributed by atoms with Crippen LogP contribution in [0.5, 0.6) is 0 Å². The fraction of sp³-hybridized carbons (Fsp3) is 0.333. The van der Waals surface area contributed by atoms with E-state index in [2.05, 4.69) is 29.5 Å². The van der Waals surface area contributed by atoms with Crippen molar-refractivity contribution in [2.75, 3.05) is 11.9 Å². The Bertz CT molecular complexity index is 620. The number of benzene rings is 1. The Labute approximate surface area is 132 Å². The monoisotopic (exact) mass is 297 g/mol. The van der Waals surface area contributed by atoms with Crippen molar-refractivity contribution in [3.63, 3.8) is 0 Å². The van der Waals surface area contributed by atoms with Crippen molar-refractivity contribution in [1.29, 1.82) is 0 Å². The van der Waals surface area contributed by atoms with Crippen molar-refractivity contribution in [1.82, 2.24) is 10.3 Å². The molecular formula is C18H23N3O. The lowest BCUT2D eigenvalue weighted by Gasteiger charge is -2.10. The summed E-state index contributed by atoms with van der Waals surface area (Å²) < 4.78 is 0. The van der Waals surface area contributed by atoms with E-state index in [0.29, 0.717) is 18.2 Å². The Kier molecular flexibility index (Phi) is 5.53. The lowest BCUT2D eigenvalue weighted by Crippen LogP contribution is -2.26. The van der Waals surface area contributed by atoms with E-state index >= 15 is 0 Å². The second-order valence-corrected chi connectivity index (χ2v) is 5.81. The Hall–Kier alpha value is -2.36. The second-order valence-electron chi connectivity index (χ2n) is 5.81. The number of hydrogen-bond donors (Lipinski definition) is 2. The topological polar surface area (TPSA) is 54.0 Å². The van der Waals surface area contributed by atoms with Crippen LogP contribution in [-0.4, -0.2) is 17.4 Å². The third-order valence-corrected chi connectivity index (χ3v) is 3.43. The minimum Gasteiger partial charge on any atom is -0.354 e. The van der Waals surface area contributed by atoms with Gasteiger partial charge in [-0.25, -0.2) is 4.98 Å². The smallest absolute Gasteiger partial charge is 0.269 e. The highest BCUT2D eigenvalue weighted by molar-refractivity contribution is 5.92. The molecule has 1 aromatic carbocycles. The SMILES string of the molecule is Cc1ccccc1Nc1ccc(C(=O)NCCC(C)C)nc1. The number of nitrogens with zero attached hydrogens (tertiary/aromatic N) is 1. The molecule has 1 amide bonds. The van der Waals surface area contributed by atoms with E-state index in [1.54, 1.807) is 12.3 Å².